The summed E-state index contributed by atoms with van der Waals surface area (Å²) in [6, 6.07) is 9.01. The average Bonchev–Trinajstić information content (AvgIpc) is 2.90. The van der Waals surface area contributed by atoms with Gasteiger partial charge in [-0.15, -0.1) is 0 Å². The van der Waals surface area contributed by atoms with Crippen LogP contribution >= 0.6 is 0 Å². The lowest BCUT2D eigenvalue weighted by atomic mass is 10.0. The summed E-state index contributed by atoms with van der Waals surface area (Å²) in [6.07, 6.45) is 5.76. The summed E-state index contributed by atoms with van der Waals surface area (Å²) in [5, 5.41) is 2.97. The molecular weight excluding hydrogens is 518 g/mol. The molecule has 1 aromatic heterocycles. The van der Waals surface area contributed by atoms with Crippen LogP contribution in [0.25, 0.3) is 0 Å². The molecule has 0 atom stereocenters. The Morgan fingerprint density at radius 2 is 1.56 bits per heavy atom. The molecule has 1 aliphatic rings. The van der Waals surface area contributed by atoms with Crippen molar-refractivity contribution >= 4 is 17.4 Å². The van der Waals surface area contributed by atoms with Gasteiger partial charge in [-0.3, -0.25) is 23.6 Å². The van der Waals surface area contributed by atoms with Gasteiger partial charge in [0.25, 0.3) is 5.56 Å². The topological polar surface area (TPSA) is 88.8 Å². The fraction of sp³-hybridized carbons (Fsp3) is 0.656. The van der Waals surface area contributed by atoms with Crippen LogP contribution in [0.2, 0.25) is 0 Å². The number of piperazine rings is 1. The molecule has 1 amide bonds. The lowest BCUT2D eigenvalue weighted by molar-refractivity contribution is -0.116. The van der Waals surface area contributed by atoms with Gasteiger partial charge in [0.1, 0.15) is 17.2 Å². The number of ether oxygens (including phenoxy) is 1. The summed E-state index contributed by atoms with van der Waals surface area (Å²) < 4.78 is 9.39. The number of amides is 1. The second kappa shape index (κ2) is 14.7. The molecule has 0 bridgehead atoms. The molecule has 2 aromatic rings. The molecule has 1 aliphatic heterocycles. The molecule has 2 heterocycles. The van der Waals surface area contributed by atoms with Gasteiger partial charge in [-0.25, -0.2) is 4.79 Å². The Morgan fingerprint density at radius 3 is 2.15 bits per heavy atom. The van der Waals surface area contributed by atoms with Crippen molar-refractivity contribution in [1.29, 1.82) is 0 Å². The summed E-state index contributed by atoms with van der Waals surface area (Å²) in [7, 11) is 0. The van der Waals surface area contributed by atoms with Gasteiger partial charge >= 0.3 is 5.69 Å². The normalized spacial score (nSPS) is 14.6. The van der Waals surface area contributed by atoms with E-state index in [1.54, 1.807) is 10.6 Å². The molecule has 1 aromatic carbocycles. The summed E-state index contributed by atoms with van der Waals surface area (Å²) in [5.41, 5.74) is -0.0497. The van der Waals surface area contributed by atoms with Crippen LogP contribution in [0, 0.1) is 0 Å². The molecule has 0 saturated carbocycles. The lowest BCUT2D eigenvalue weighted by Crippen LogP contribution is -2.51. The van der Waals surface area contributed by atoms with E-state index in [2.05, 4.69) is 35.9 Å². The number of carbonyl (C=O) groups is 1. The highest BCUT2D eigenvalue weighted by molar-refractivity contribution is 5.90. The van der Waals surface area contributed by atoms with Crippen molar-refractivity contribution in [2.45, 2.75) is 105 Å². The number of hydrogen-bond donors (Lipinski definition) is 1. The number of carbonyl (C=O) groups excluding carboxylic acids is 1. The zero-order chi connectivity index (χ0) is 30.2. The molecule has 9 heteroatoms. The summed E-state index contributed by atoms with van der Waals surface area (Å²) in [5.74, 6) is 1.55. The molecule has 3 rings (SSSR count). The monoisotopic (exact) mass is 569 g/mol. The number of aromatic nitrogens is 2. The van der Waals surface area contributed by atoms with E-state index >= 15 is 0 Å². The zero-order valence-corrected chi connectivity index (χ0v) is 26.2. The molecular formula is C32H51N5O4. The molecule has 9 nitrogen and oxygen atoms in total. The number of nitrogens with zero attached hydrogens (tertiary/aromatic N) is 4. The van der Waals surface area contributed by atoms with Gasteiger partial charge in [0, 0.05) is 63.0 Å². The largest absolute Gasteiger partial charge is 0.488 e. The number of hydrogen-bond acceptors (Lipinski definition) is 6. The number of unbranched alkanes of at least 4 members (excludes halogenated alkanes) is 3. The molecule has 1 fully saturated rings. The van der Waals surface area contributed by atoms with Crippen molar-refractivity contribution in [3.8, 4) is 5.75 Å². The van der Waals surface area contributed by atoms with Crippen LogP contribution in [-0.2, 0) is 4.79 Å². The highest BCUT2D eigenvalue weighted by Gasteiger charge is 2.26. The minimum atomic E-state index is -0.360. The lowest BCUT2D eigenvalue weighted by Gasteiger charge is -2.38. The van der Waals surface area contributed by atoms with E-state index in [0.29, 0.717) is 12.2 Å². The van der Waals surface area contributed by atoms with E-state index in [9.17, 15) is 14.4 Å². The summed E-state index contributed by atoms with van der Waals surface area (Å²) in [4.78, 5) is 42.6. The van der Waals surface area contributed by atoms with Crippen molar-refractivity contribution in [2.75, 3.05) is 42.9 Å². The van der Waals surface area contributed by atoms with Gasteiger partial charge in [-0.2, -0.15) is 0 Å². The quantitative estimate of drug-likeness (QED) is 0.305. The molecule has 1 N–H and O–H groups in total. The standard InChI is InChI=1S/C32H51N5O4/c1-8-9-10-11-12-28(38)33-26-13-15-27(16-14-26)41-32(6,7)17-18-34-19-21-35(22-20-34)29-23-30(39)37(25(4)5)31(40)36(29)24(2)3/h13-16,23-25H,8-12,17-22H2,1-7H3,(H,33,38). The fourth-order valence-corrected chi connectivity index (χ4v) is 5.30. The van der Waals surface area contributed by atoms with Gasteiger partial charge in [0.15, 0.2) is 0 Å². The Kier molecular flexibility index (Phi) is 11.6. The Labute approximate surface area is 245 Å². The minimum absolute atomic E-state index is 0.0417. The third-order valence-corrected chi connectivity index (χ3v) is 7.70. The summed E-state index contributed by atoms with van der Waals surface area (Å²) >= 11 is 0. The SMILES string of the molecule is CCCCCCC(=O)Nc1ccc(OC(C)(C)CCN2CCN(c3cc(=O)n(C(C)C)c(=O)n3C(C)C)CC2)cc1. The predicted molar refractivity (Wildman–Crippen MR) is 168 cm³/mol. The summed E-state index contributed by atoms with van der Waals surface area (Å²) in [6.45, 7) is 18.2. The van der Waals surface area contributed by atoms with E-state index in [1.807, 2.05) is 52.0 Å². The van der Waals surface area contributed by atoms with Crippen LogP contribution in [0.3, 0.4) is 0 Å². The molecule has 0 radical (unpaired) electrons. The van der Waals surface area contributed by atoms with Crippen molar-refractivity contribution < 1.29 is 9.53 Å². The van der Waals surface area contributed by atoms with Gasteiger partial charge in [-0.1, -0.05) is 26.2 Å². The Hall–Kier alpha value is -3.07. The first-order chi connectivity index (χ1) is 19.4. The molecule has 228 valence electrons. The highest BCUT2D eigenvalue weighted by atomic mass is 16.5. The van der Waals surface area contributed by atoms with Crippen LogP contribution in [0.1, 0.15) is 99.1 Å². The average molecular weight is 570 g/mol. The van der Waals surface area contributed by atoms with Crippen molar-refractivity contribution in [3.63, 3.8) is 0 Å². The Balaban J connectivity index is 1.51. The maximum atomic E-state index is 13.1. The van der Waals surface area contributed by atoms with E-state index in [-0.39, 0.29) is 34.8 Å². The van der Waals surface area contributed by atoms with E-state index < -0.39 is 0 Å². The second-order valence-corrected chi connectivity index (χ2v) is 12.4. The van der Waals surface area contributed by atoms with Gasteiger partial charge in [0.05, 0.1) is 0 Å². The second-order valence-electron chi connectivity index (χ2n) is 12.4. The third kappa shape index (κ3) is 9.21. The number of nitrogens with one attached hydrogen (secondary N) is 1. The maximum absolute atomic E-state index is 13.1. The predicted octanol–water partition coefficient (Wildman–Crippen LogP) is 5.45. The first-order valence-corrected chi connectivity index (χ1v) is 15.4. The van der Waals surface area contributed by atoms with Crippen molar-refractivity contribution in [2.24, 2.45) is 0 Å². The Morgan fingerprint density at radius 1 is 0.927 bits per heavy atom. The van der Waals surface area contributed by atoms with Crippen LogP contribution in [0.4, 0.5) is 11.5 Å². The highest BCUT2D eigenvalue weighted by Crippen LogP contribution is 2.24. The molecule has 0 unspecified atom stereocenters. The minimum Gasteiger partial charge on any atom is -0.488 e. The number of rotatable bonds is 14. The van der Waals surface area contributed by atoms with Gasteiger partial charge in [-0.05, 0) is 78.6 Å². The third-order valence-electron chi connectivity index (χ3n) is 7.70. The number of benzene rings is 1. The van der Waals surface area contributed by atoms with Crippen molar-refractivity contribution in [1.82, 2.24) is 14.0 Å². The first kappa shape index (κ1) is 32.4. The first-order valence-electron chi connectivity index (χ1n) is 15.4. The van der Waals surface area contributed by atoms with Gasteiger partial charge < -0.3 is 15.0 Å². The van der Waals surface area contributed by atoms with E-state index in [4.69, 9.17) is 4.74 Å². The van der Waals surface area contributed by atoms with Crippen molar-refractivity contribution in [3.05, 3.63) is 51.2 Å². The maximum Gasteiger partial charge on any atom is 0.333 e. The molecule has 0 spiro atoms. The smallest absolute Gasteiger partial charge is 0.333 e. The van der Waals surface area contributed by atoms with E-state index in [1.165, 1.54) is 11.0 Å². The van der Waals surface area contributed by atoms with Crippen LogP contribution in [-0.4, -0.2) is 58.3 Å². The molecule has 1 saturated heterocycles. The molecule has 41 heavy (non-hydrogen) atoms. The van der Waals surface area contributed by atoms with E-state index in [0.717, 1.165) is 69.8 Å². The molecule has 0 aliphatic carbocycles. The fourth-order valence-electron chi connectivity index (χ4n) is 5.30. The zero-order valence-electron chi connectivity index (χ0n) is 26.2. The van der Waals surface area contributed by atoms with Crippen LogP contribution < -0.4 is 26.2 Å². The van der Waals surface area contributed by atoms with Crippen LogP contribution in [0.15, 0.2) is 39.9 Å². The number of anilines is 2. The Bertz CT molecular complexity index is 1240. The van der Waals surface area contributed by atoms with Gasteiger partial charge in [0.2, 0.25) is 5.91 Å². The van der Waals surface area contributed by atoms with Crippen LogP contribution in [0.5, 0.6) is 5.75 Å².